The number of aryl methyl sites for hydroxylation is 1. The van der Waals surface area contributed by atoms with E-state index < -0.39 is 16.0 Å². The summed E-state index contributed by atoms with van der Waals surface area (Å²) in [6, 6.07) is 16.7. The maximum atomic E-state index is 12.8. The van der Waals surface area contributed by atoms with E-state index in [4.69, 9.17) is 9.47 Å². The van der Waals surface area contributed by atoms with Crippen LogP contribution < -0.4 is 15.0 Å². The van der Waals surface area contributed by atoms with Gasteiger partial charge in [-0.15, -0.1) is 0 Å². The van der Waals surface area contributed by atoms with Gasteiger partial charge in [0.1, 0.15) is 18.0 Å². The van der Waals surface area contributed by atoms with Gasteiger partial charge in [0.05, 0.1) is 23.3 Å². The molecule has 10 heteroatoms. The van der Waals surface area contributed by atoms with Crippen LogP contribution in [-0.2, 0) is 21.4 Å². The number of aromatic nitrogens is 2. The predicted molar refractivity (Wildman–Crippen MR) is 126 cm³/mol. The molecule has 0 aliphatic carbocycles. The summed E-state index contributed by atoms with van der Waals surface area (Å²) in [7, 11) is -2.43. The van der Waals surface area contributed by atoms with Crippen LogP contribution in [0.2, 0.25) is 0 Å². The van der Waals surface area contributed by atoms with E-state index in [1.54, 1.807) is 42.6 Å². The standard InChI is InChI=1S/C24H21N3O6S/c1-16-10-11-27-22(12-16)25-19(14-23(27)28)15-33-24(29)17-4-3-5-21(13-17)34(30,31)26-18-6-8-20(32-2)9-7-18/h3-14,26H,15H2,1-2H3. The Hall–Kier alpha value is -4.18. The zero-order valence-corrected chi connectivity index (χ0v) is 19.2. The molecular formula is C24H21N3O6S. The molecule has 4 aromatic rings. The van der Waals surface area contributed by atoms with Crippen LogP contribution in [0.5, 0.6) is 5.75 Å². The van der Waals surface area contributed by atoms with Crippen molar-refractivity contribution in [3.8, 4) is 5.75 Å². The van der Waals surface area contributed by atoms with Crippen LogP contribution in [0.3, 0.4) is 0 Å². The Balaban J connectivity index is 1.49. The molecule has 2 heterocycles. The molecule has 0 radical (unpaired) electrons. The highest BCUT2D eigenvalue weighted by Crippen LogP contribution is 2.20. The molecule has 0 bridgehead atoms. The molecule has 0 unspecified atom stereocenters. The highest BCUT2D eigenvalue weighted by atomic mass is 32.2. The Labute approximate surface area is 195 Å². The summed E-state index contributed by atoms with van der Waals surface area (Å²) in [5.74, 6) is -0.154. The molecule has 2 aromatic carbocycles. The number of carbonyl (C=O) groups is 1. The number of fused-ring (bicyclic) bond motifs is 1. The predicted octanol–water partition coefficient (Wildman–Crippen LogP) is 3.17. The number of hydrogen-bond acceptors (Lipinski definition) is 7. The molecule has 2 aromatic heterocycles. The van der Waals surface area contributed by atoms with Crippen LogP contribution in [0.4, 0.5) is 5.69 Å². The maximum absolute atomic E-state index is 12.8. The summed E-state index contributed by atoms with van der Waals surface area (Å²) in [5, 5.41) is 0. The first-order valence-electron chi connectivity index (χ1n) is 10.2. The number of sulfonamides is 1. The second-order valence-corrected chi connectivity index (χ2v) is 9.14. The summed E-state index contributed by atoms with van der Waals surface area (Å²) >= 11 is 0. The van der Waals surface area contributed by atoms with E-state index in [1.165, 1.54) is 41.8 Å². The molecule has 34 heavy (non-hydrogen) atoms. The van der Waals surface area contributed by atoms with Gasteiger partial charge < -0.3 is 9.47 Å². The molecule has 0 aliphatic heterocycles. The third-order valence-electron chi connectivity index (χ3n) is 4.95. The Morgan fingerprint density at radius 3 is 2.56 bits per heavy atom. The molecular weight excluding hydrogens is 458 g/mol. The third-order valence-corrected chi connectivity index (χ3v) is 6.33. The molecule has 0 fully saturated rings. The van der Waals surface area contributed by atoms with E-state index in [-0.39, 0.29) is 28.3 Å². The molecule has 4 rings (SSSR count). The Bertz CT molecular complexity index is 1530. The van der Waals surface area contributed by atoms with Gasteiger partial charge in [0.2, 0.25) is 0 Å². The number of esters is 1. The van der Waals surface area contributed by atoms with Gasteiger partial charge in [0.15, 0.2) is 0 Å². The van der Waals surface area contributed by atoms with Gasteiger partial charge >= 0.3 is 5.97 Å². The van der Waals surface area contributed by atoms with Crippen molar-refractivity contribution in [2.45, 2.75) is 18.4 Å². The lowest BCUT2D eigenvalue weighted by Crippen LogP contribution is -2.17. The van der Waals surface area contributed by atoms with E-state index in [2.05, 4.69) is 9.71 Å². The van der Waals surface area contributed by atoms with Crippen LogP contribution in [-0.4, -0.2) is 30.9 Å². The van der Waals surface area contributed by atoms with E-state index >= 15 is 0 Å². The number of carbonyl (C=O) groups excluding carboxylic acids is 1. The van der Waals surface area contributed by atoms with E-state index in [1.807, 2.05) is 6.92 Å². The lowest BCUT2D eigenvalue weighted by atomic mass is 10.2. The quantitative estimate of drug-likeness (QED) is 0.405. The summed E-state index contributed by atoms with van der Waals surface area (Å²) in [5.41, 5.74) is 1.75. The van der Waals surface area contributed by atoms with Crippen LogP contribution in [0.25, 0.3) is 5.65 Å². The minimum Gasteiger partial charge on any atom is -0.497 e. The number of hydrogen-bond donors (Lipinski definition) is 1. The van der Waals surface area contributed by atoms with Gasteiger partial charge in [-0.05, 0) is 67.1 Å². The first-order chi connectivity index (χ1) is 16.2. The van der Waals surface area contributed by atoms with Gasteiger partial charge in [-0.1, -0.05) is 6.07 Å². The summed E-state index contributed by atoms with van der Waals surface area (Å²) in [6.07, 6.45) is 1.63. The Morgan fingerprint density at radius 1 is 1.06 bits per heavy atom. The normalized spacial score (nSPS) is 11.2. The van der Waals surface area contributed by atoms with E-state index in [0.29, 0.717) is 17.1 Å². The average Bonchev–Trinajstić information content (AvgIpc) is 2.82. The number of benzene rings is 2. The molecule has 174 valence electrons. The first kappa shape index (κ1) is 23.0. The fraction of sp³-hybridized carbons (Fsp3) is 0.125. The SMILES string of the molecule is COc1ccc(NS(=O)(=O)c2cccc(C(=O)OCc3cc(=O)n4ccc(C)cc4n3)c2)cc1. The highest BCUT2D eigenvalue weighted by Gasteiger charge is 2.18. The Morgan fingerprint density at radius 2 is 1.82 bits per heavy atom. The number of pyridine rings is 1. The second kappa shape index (κ2) is 9.36. The summed E-state index contributed by atoms with van der Waals surface area (Å²) in [6.45, 7) is 1.64. The lowest BCUT2D eigenvalue weighted by molar-refractivity contribution is 0.0467. The lowest BCUT2D eigenvalue weighted by Gasteiger charge is -2.10. The van der Waals surface area contributed by atoms with Gasteiger partial charge in [0.25, 0.3) is 15.6 Å². The monoisotopic (exact) mass is 479 g/mol. The van der Waals surface area contributed by atoms with Crippen molar-refractivity contribution in [1.82, 2.24) is 9.38 Å². The van der Waals surface area contributed by atoms with Gasteiger partial charge in [0, 0.05) is 18.0 Å². The van der Waals surface area contributed by atoms with Gasteiger partial charge in [-0.2, -0.15) is 0 Å². The largest absolute Gasteiger partial charge is 0.497 e. The molecule has 1 N–H and O–H groups in total. The average molecular weight is 480 g/mol. The van der Waals surface area contributed by atoms with Crippen LogP contribution >= 0.6 is 0 Å². The third kappa shape index (κ3) is 5.07. The number of anilines is 1. The van der Waals surface area contributed by atoms with Crippen molar-refractivity contribution >= 4 is 27.3 Å². The zero-order valence-electron chi connectivity index (χ0n) is 18.4. The van der Waals surface area contributed by atoms with Crippen molar-refractivity contribution in [3.63, 3.8) is 0 Å². The van der Waals surface area contributed by atoms with Crippen molar-refractivity contribution in [3.05, 3.63) is 100 Å². The fourth-order valence-corrected chi connectivity index (χ4v) is 4.32. The number of nitrogens with zero attached hydrogens (tertiary/aromatic N) is 2. The molecule has 0 saturated heterocycles. The Kier molecular flexibility index (Phi) is 6.33. The minimum absolute atomic E-state index is 0.0472. The van der Waals surface area contributed by atoms with E-state index in [9.17, 15) is 18.0 Å². The molecule has 9 nitrogen and oxygen atoms in total. The summed E-state index contributed by atoms with van der Waals surface area (Å²) < 4.78 is 39.7. The minimum atomic E-state index is -3.95. The van der Waals surface area contributed by atoms with Crippen molar-refractivity contribution in [2.75, 3.05) is 11.8 Å². The first-order valence-corrected chi connectivity index (χ1v) is 11.7. The number of methoxy groups -OCH3 is 1. The van der Waals surface area contributed by atoms with Crippen molar-refractivity contribution < 1.29 is 22.7 Å². The second-order valence-electron chi connectivity index (χ2n) is 7.46. The van der Waals surface area contributed by atoms with Gasteiger partial charge in [-0.3, -0.25) is 13.9 Å². The number of nitrogens with one attached hydrogen (secondary N) is 1. The molecule has 0 aliphatic rings. The topological polar surface area (TPSA) is 116 Å². The molecule has 0 saturated carbocycles. The number of rotatable bonds is 7. The van der Waals surface area contributed by atoms with Crippen molar-refractivity contribution in [2.24, 2.45) is 0 Å². The highest BCUT2D eigenvalue weighted by molar-refractivity contribution is 7.92. The van der Waals surface area contributed by atoms with E-state index in [0.717, 1.165) is 5.56 Å². The van der Waals surface area contributed by atoms with Crippen LogP contribution in [0.15, 0.2) is 82.6 Å². The van der Waals surface area contributed by atoms with Gasteiger partial charge in [-0.25, -0.2) is 18.2 Å². The van der Waals surface area contributed by atoms with Crippen LogP contribution in [0, 0.1) is 6.92 Å². The maximum Gasteiger partial charge on any atom is 0.338 e. The molecule has 0 atom stereocenters. The van der Waals surface area contributed by atoms with Crippen LogP contribution in [0.1, 0.15) is 21.6 Å². The fourth-order valence-electron chi connectivity index (χ4n) is 3.21. The van der Waals surface area contributed by atoms with Crippen molar-refractivity contribution in [1.29, 1.82) is 0 Å². The summed E-state index contributed by atoms with van der Waals surface area (Å²) in [4.78, 5) is 29.1. The number of ether oxygens (including phenoxy) is 2. The molecule has 0 spiro atoms. The smallest absolute Gasteiger partial charge is 0.338 e. The zero-order chi connectivity index (χ0) is 24.3. The molecule has 0 amide bonds.